The summed E-state index contributed by atoms with van der Waals surface area (Å²) in [4.78, 5) is 22.5. The van der Waals surface area contributed by atoms with Crippen molar-refractivity contribution in [3.63, 3.8) is 0 Å². The van der Waals surface area contributed by atoms with E-state index < -0.39 is 10.0 Å². The summed E-state index contributed by atoms with van der Waals surface area (Å²) in [5.41, 5.74) is 2.24. The predicted molar refractivity (Wildman–Crippen MR) is 149 cm³/mol. The highest BCUT2D eigenvalue weighted by Gasteiger charge is 2.31. The maximum absolute atomic E-state index is 13.7. The second kappa shape index (κ2) is 11.5. The van der Waals surface area contributed by atoms with Crippen molar-refractivity contribution >= 4 is 42.6 Å². The second-order valence-corrected chi connectivity index (χ2v) is 12.7. The highest BCUT2D eigenvalue weighted by Crippen LogP contribution is 2.37. The molecule has 1 aliphatic rings. The number of thiazole rings is 1. The molecule has 2 heterocycles. The number of amides is 1. The van der Waals surface area contributed by atoms with Crippen LogP contribution in [0.5, 0.6) is 5.75 Å². The summed E-state index contributed by atoms with van der Waals surface area (Å²) in [6.45, 7) is 5.81. The number of ether oxygens (including phenoxy) is 1. The van der Waals surface area contributed by atoms with Gasteiger partial charge in [-0.25, -0.2) is 13.4 Å². The minimum absolute atomic E-state index is 0.0215. The Morgan fingerprint density at radius 3 is 2.51 bits per heavy atom. The van der Waals surface area contributed by atoms with E-state index in [0.717, 1.165) is 48.0 Å². The average Bonchev–Trinajstić information content (AvgIpc) is 3.33. The van der Waals surface area contributed by atoms with E-state index >= 15 is 0 Å². The number of benzene rings is 2. The first-order valence-corrected chi connectivity index (χ1v) is 14.9. The SMILES string of the molecule is COc1ccc(C)c2sc(N(CCCN(C)C)C(=O)c3ccc(S(=O)(=O)N4CCCCC4C)cc3)nc12. The minimum Gasteiger partial charge on any atom is -0.494 e. The van der Waals surface area contributed by atoms with Gasteiger partial charge in [-0.05, 0) is 89.6 Å². The van der Waals surface area contributed by atoms with Crippen LogP contribution in [0, 0.1) is 6.92 Å². The van der Waals surface area contributed by atoms with Crippen molar-refractivity contribution in [1.29, 1.82) is 0 Å². The fourth-order valence-corrected chi connectivity index (χ4v) is 7.47. The van der Waals surface area contributed by atoms with Gasteiger partial charge in [-0.15, -0.1) is 0 Å². The van der Waals surface area contributed by atoms with Gasteiger partial charge in [0.2, 0.25) is 10.0 Å². The molecule has 10 heteroatoms. The third kappa shape index (κ3) is 5.82. The van der Waals surface area contributed by atoms with Gasteiger partial charge in [0.05, 0.1) is 16.7 Å². The monoisotopic (exact) mass is 544 g/mol. The summed E-state index contributed by atoms with van der Waals surface area (Å²) in [5, 5.41) is 0.602. The Balaban J connectivity index is 1.65. The molecule has 1 aliphatic heterocycles. The summed E-state index contributed by atoms with van der Waals surface area (Å²) in [6.07, 6.45) is 3.55. The quantitative estimate of drug-likeness (QED) is 0.386. The second-order valence-electron chi connectivity index (χ2n) is 9.86. The first-order valence-electron chi connectivity index (χ1n) is 12.7. The van der Waals surface area contributed by atoms with Gasteiger partial charge in [-0.2, -0.15) is 4.31 Å². The van der Waals surface area contributed by atoms with Crippen molar-refractivity contribution in [3.8, 4) is 5.75 Å². The molecule has 1 unspecified atom stereocenters. The largest absolute Gasteiger partial charge is 0.494 e. The number of aromatic nitrogens is 1. The van der Waals surface area contributed by atoms with Gasteiger partial charge < -0.3 is 9.64 Å². The molecule has 1 atom stereocenters. The zero-order valence-electron chi connectivity index (χ0n) is 22.2. The highest BCUT2D eigenvalue weighted by atomic mass is 32.2. The molecule has 0 N–H and O–H groups in total. The lowest BCUT2D eigenvalue weighted by molar-refractivity contribution is 0.0986. The molecular formula is C27H36N4O4S2. The summed E-state index contributed by atoms with van der Waals surface area (Å²) in [6, 6.07) is 10.2. The molecule has 1 saturated heterocycles. The predicted octanol–water partition coefficient (Wildman–Crippen LogP) is 4.77. The topological polar surface area (TPSA) is 83.0 Å². The third-order valence-electron chi connectivity index (χ3n) is 6.83. The zero-order valence-corrected chi connectivity index (χ0v) is 23.9. The smallest absolute Gasteiger partial charge is 0.260 e. The van der Waals surface area contributed by atoms with Crippen molar-refractivity contribution < 1.29 is 17.9 Å². The molecule has 3 aromatic rings. The molecule has 0 aliphatic carbocycles. The molecule has 0 saturated carbocycles. The molecule has 0 radical (unpaired) electrons. The van der Waals surface area contributed by atoms with E-state index in [2.05, 4.69) is 4.90 Å². The van der Waals surface area contributed by atoms with Gasteiger partial charge in [0, 0.05) is 24.7 Å². The van der Waals surface area contributed by atoms with E-state index in [-0.39, 0.29) is 16.8 Å². The normalized spacial score (nSPS) is 16.9. The van der Waals surface area contributed by atoms with Crippen LogP contribution in [0.1, 0.15) is 48.5 Å². The molecule has 0 spiro atoms. The Bertz CT molecular complexity index is 1350. The number of carbonyl (C=O) groups excluding carboxylic acids is 1. The van der Waals surface area contributed by atoms with Crippen LogP contribution in [0.15, 0.2) is 41.3 Å². The summed E-state index contributed by atoms with van der Waals surface area (Å²) >= 11 is 1.47. The fourth-order valence-electron chi connectivity index (χ4n) is 4.70. The molecular weight excluding hydrogens is 508 g/mol. The van der Waals surface area contributed by atoms with E-state index in [1.807, 2.05) is 40.1 Å². The number of methoxy groups -OCH3 is 1. The van der Waals surface area contributed by atoms with Crippen molar-refractivity contribution in [2.24, 2.45) is 0 Å². The Labute approximate surface area is 223 Å². The highest BCUT2D eigenvalue weighted by molar-refractivity contribution is 7.89. The number of sulfonamides is 1. The number of fused-ring (bicyclic) bond motifs is 1. The average molecular weight is 545 g/mol. The number of carbonyl (C=O) groups is 1. The van der Waals surface area contributed by atoms with Gasteiger partial charge in [-0.3, -0.25) is 9.69 Å². The van der Waals surface area contributed by atoms with Crippen LogP contribution < -0.4 is 9.64 Å². The lowest BCUT2D eigenvalue weighted by atomic mass is 10.1. The molecule has 2 aromatic carbocycles. The van der Waals surface area contributed by atoms with Gasteiger partial charge in [-0.1, -0.05) is 23.8 Å². The molecule has 1 aromatic heterocycles. The minimum atomic E-state index is -3.60. The van der Waals surface area contributed by atoms with Crippen LogP contribution in [-0.2, 0) is 10.0 Å². The fraction of sp³-hybridized carbons (Fsp3) is 0.481. The lowest BCUT2D eigenvalue weighted by Crippen LogP contribution is -2.41. The molecule has 4 rings (SSSR count). The van der Waals surface area contributed by atoms with E-state index in [1.165, 1.54) is 11.3 Å². The number of nitrogens with zero attached hydrogens (tertiary/aromatic N) is 4. The van der Waals surface area contributed by atoms with E-state index in [9.17, 15) is 13.2 Å². The van der Waals surface area contributed by atoms with Gasteiger partial charge in [0.15, 0.2) is 5.13 Å². The van der Waals surface area contributed by atoms with Gasteiger partial charge >= 0.3 is 0 Å². The van der Waals surface area contributed by atoms with Crippen LogP contribution in [0.2, 0.25) is 0 Å². The van der Waals surface area contributed by atoms with Crippen molar-refractivity contribution in [1.82, 2.24) is 14.2 Å². The first-order chi connectivity index (χ1) is 17.6. The number of piperidine rings is 1. The Morgan fingerprint density at radius 2 is 1.86 bits per heavy atom. The molecule has 0 bridgehead atoms. The summed E-state index contributed by atoms with van der Waals surface area (Å²) in [7, 11) is 2.01. The standard InChI is InChI=1S/C27H36N4O4S2/c1-19-10-15-23(35-5)24-25(19)36-27(28-24)30(17-8-16-29(3)4)26(32)21-11-13-22(14-12-21)37(33,34)31-18-7-6-9-20(31)2/h10-15,20H,6-9,16-18H2,1-5H3. The molecule has 37 heavy (non-hydrogen) atoms. The first kappa shape index (κ1) is 27.5. The molecule has 8 nitrogen and oxygen atoms in total. The lowest BCUT2D eigenvalue weighted by Gasteiger charge is -2.32. The van der Waals surface area contributed by atoms with Crippen molar-refractivity contribution in [3.05, 3.63) is 47.5 Å². The maximum atomic E-state index is 13.7. The van der Waals surface area contributed by atoms with Gasteiger partial charge in [0.1, 0.15) is 11.3 Å². The third-order valence-corrected chi connectivity index (χ3v) is 10.1. The van der Waals surface area contributed by atoms with E-state index in [4.69, 9.17) is 9.72 Å². The molecule has 200 valence electrons. The molecule has 1 amide bonds. The summed E-state index contributed by atoms with van der Waals surface area (Å²) in [5.74, 6) is 0.468. The van der Waals surface area contributed by atoms with Crippen LogP contribution in [-0.4, -0.2) is 75.4 Å². The van der Waals surface area contributed by atoms with E-state index in [0.29, 0.717) is 29.5 Å². The molecule has 1 fully saturated rings. The van der Waals surface area contributed by atoms with E-state index in [1.54, 1.807) is 40.6 Å². The Morgan fingerprint density at radius 1 is 1.14 bits per heavy atom. The van der Waals surface area contributed by atoms with Crippen LogP contribution in [0.4, 0.5) is 5.13 Å². The Kier molecular flexibility index (Phi) is 8.52. The van der Waals surface area contributed by atoms with Crippen molar-refractivity contribution in [2.45, 2.75) is 50.5 Å². The number of hydrogen-bond donors (Lipinski definition) is 0. The van der Waals surface area contributed by atoms with Gasteiger partial charge in [0.25, 0.3) is 5.91 Å². The number of hydrogen-bond acceptors (Lipinski definition) is 7. The van der Waals surface area contributed by atoms with Crippen LogP contribution >= 0.6 is 11.3 Å². The number of anilines is 1. The zero-order chi connectivity index (χ0) is 26.7. The number of aryl methyl sites for hydroxylation is 1. The van der Waals surface area contributed by atoms with Crippen LogP contribution in [0.3, 0.4) is 0 Å². The maximum Gasteiger partial charge on any atom is 0.260 e. The van der Waals surface area contributed by atoms with Crippen molar-refractivity contribution in [2.75, 3.05) is 45.7 Å². The van der Waals surface area contributed by atoms with Crippen LogP contribution in [0.25, 0.3) is 10.2 Å². The Hall–Kier alpha value is -2.53. The number of rotatable bonds is 9. The summed E-state index contributed by atoms with van der Waals surface area (Å²) < 4.78 is 34.5.